The van der Waals surface area contributed by atoms with Crippen molar-refractivity contribution >= 4 is 6.47 Å². The Kier molecular flexibility index (Phi) is 7.87. The molecule has 1 heterocycles. The van der Waals surface area contributed by atoms with Crippen molar-refractivity contribution in [2.24, 2.45) is 0 Å². The van der Waals surface area contributed by atoms with Crippen LogP contribution in [-0.2, 0) is 16.0 Å². The van der Waals surface area contributed by atoms with Gasteiger partial charge in [0.25, 0.3) is 6.47 Å². The van der Waals surface area contributed by atoms with Crippen LogP contribution in [0.4, 0.5) is 0 Å². The van der Waals surface area contributed by atoms with Crippen LogP contribution in [0.5, 0.6) is 0 Å². The van der Waals surface area contributed by atoms with E-state index in [2.05, 4.69) is 29.2 Å². The van der Waals surface area contributed by atoms with Crippen LogP contribution in [0.1, 0.15) is 12.0 Å². The first-order valence-electron chi connectivity index (χ1n) is 6.76. The summed E-state index contributed by atoms with van der Waals surface area (Å²) in [6.45, 7) is 2.38. The van der Waals surface area contributed by atoms with Crippen molar-refractivity contribution in [1.29, 1.82) is 0 Å². The monoisotopic (exact) mass is 281 g/mol. The molecule has 0 aliphatic carbocycles. The number of likely N-dealkylation sites (tertiary alicyclic amines) is 1. The number of aliphatic hydroxyl groups is 1. The standard InChI is InChI=1S/C14H21NO2.CH2O2/c1-17-14-11-15(10-13(14)16)9-5-8-12-6-3-2-4-7-12;2-1-3/h2-4,6-7,13-14,16H,5,8-11H2,1H3;1H,(H,2,3)/t13-,14-;/m0./s1. The number of methoxy groups -OCH3 is 1. The minimum Gasteiger partial charge on any atom is -0.483 e. The zero-order chi connectivity index (χ0) is 14.8. The number of hydrogen-bond donors (Lipinski definition) is 2. The van der Waals surface area contributed by atoms with Crippen LogP contribution < -0.4 is 0 Å². The van der Waals surface area contributed by atoms with E-state index < -0.39 is 0 Å². The number of benzene rings is 1. The zero-order valence-corrected chi connectivity index (χ0v) is 11.8. The highest BCUT2D eigenvalue weighted by molar-refractivity contribution is 5.32. The van der Waals surface area contributed by atoms with E-state index in [0.717, 1.165) is 32.5 Å². The van der Waals surface area contributed by atoms with Gasteiger partial charge in [-0.25, -0.2) is 0 Å². The van der Waals surface area contributed by atoms with Crippen LogP contribution in [0, 0.1) is 0 Å². The van der Waals surface area contributed by atoms with Crippen molar-refractivity contribution in [1.82, 2.24) is 4.90 Å². The molecule has 2 rings (SSSR count). The Labute approximate surface area is 119 Å². The van der Waals surface area contributed by atoms with Crippen molar-refractivity contribution in [2.75, 3.05) is 26.7 Å². The van der Waals surface area contributed by atoms with E-state index in [-0.39, 0.29) is 18.7 Å². The van der Waals surface area contributed by atoms with E-state index in [1.165, 1.54) is 5.56 Å². The lowest BCUT2D eigenvalue weighted by Crippen LogP contribution is -2.25. The van der Waals surface area contributed by atoms with Crippen molar-refractivity contribution in [3.05, 3.63) is 35.9 Å². The van der Waals surface area contributed by atoms with Crippen LogP contribution in [0.15, 0.2) is 30.3 Å². The first-order chi connectivity index (χ1) is 9.71. The molecular weight excluding hydrogens is 258 g/mol. The van der Waals surface area contributed by atoms with Gasteiger partial charge in [-0.05, 0) is 24.9 Å². The van der Waals surface area contributed by atoms with Crippen molar-refractivity contribution in [2.45, 2.75) is 25.0 Å². The summed E-state index contributed by atoms with van der Waals surface area (Å²) in [5, 5.41) is 16.6. The maximum atomic E-state index is 9.71. The number of ether oxygens (including phenoxy) is 1. The van der Waals surface area contributed by atoms with E-state index in [9.17, 15) is 5.11 Å². The second kappa shape index (κ2) is 9.47. The van der Waals surface area contributed by atoms with Crippen LogP contribution in [0.25, 0.3) is 0 Å². The predicted molar refractivity (Wildman–Crippen MR) is 76.7 cm³/mol. The molecule has 20 heavy (non-hydrogen) atoms. The summed E-state index contributed by atoms with van der Waals surface area (Å²) in [4.78, 5) is 10.6. The van der Waals surface area contributed by atoms with Gasteiger partial charge in [-0.1, -0.05) is 30.3 Å². The van der Waals surface area contributed by atoms with Crippen LogP contribution in [0.2, 0.25) is 0 Å². The van der Waals surface area contributed by atoms with Crippen LogP contribution >= 0.6 is 0 Å². The number of carbonyl (C=O) groups is 1. The number of aryl methyl sites for hydroxylation is 1. The number of rotatable bonds is 5. The van der Waals surface area contributed by atoms with E-state index >= 15 is 0 Å². The summed E-state index contributed by atoms with van der Waals surface area (Å²) >= 11 is 0. The molecule has 0 aromatic heterocycles. The predicted octanol–water partition coefficient (Wildman–Crippen LogP) is 1.01. The summed E-state index contributed by atoms with van der Waals surface area (Å²) in [5.74, 6) is 0. The van der Waals surface area contributed by atoms with Crippen molar-refractivity contribution in [3.63, 3.8) is 0 Å². The third kappa shape index (κ3) is 5.69. The van der Waals surface area contributed by atoms with Crippen LogP contribution in [0.3, 0.4) is 0 Å². The summed E-state index contributed by atoms with van der Waals surface area (Å²) in [6.07, 6.45) is 1.90. The van der Waals surface area contributed by atoms with Gasteiger partial charge in [-0.2, -0.15) is 0 Å². The molecule has 1 aliphatic heterocycles. The summed E-state index contributed by atoms with van der Waals surface area (Å²) < 4.78 is 5.23. The van der Waals surface area contributed by atoms with Crippen molar-refractivity contribution in [3.8, 4) is 0 Å². The molecule has 1 saturated heterocycles. The minimum atomic E-state index is -0.322. The Bertz CT molecular complexity index is 371. The van der Waals surface area contributed by atoms with E-state index in [1.807, 2.05) is 6.07 Å². The SMILES string of the molecule is CO[C@H]1CN(CCCc2ccccc2)C[C@@H]1O.O=CO. The Morgan fingerprint density at radius 1 is 1.35 bits per heavy atom. The minimum absolute atomic E-state index is 0.00766. The molecule has 5 nitrogen and oxygen atoms in total. The maximum absolute atomic E-state index is 9.71. The first kappa shape index (κ1) is 16.6. The molecule has 112 valence electrons. The molecule has 1 aromatic carbocycles. The van der Waals surface area contributed by atoms with Gasteiger partial charge in [0.15, 0.2) is 0 Å². The smallest absolute Gasteiger partial charge is 0.290 e. The van der Waals surface area contributed by atoms with E-state index in [1.54, 1.807) is 7.11 Å². The Morgan fingerprint density at radius 3 is 2.55 bits per heavy atom. The Hall–Kier alpha value is -1.43. The summed E-state index contributed by atoms with van der Waals surface area (Å²) in [6, 6.07) is 10.5. The van der Waals surface area contributed by atoms with Gasteiger partial charge in [-0.15, -0.1) is 0 Å². The molecule has 1 fully saturated rings. The van der Waals surface area contributed by atoms with Gasteiger partial charge in [0.05, 0.1) is 12.2 Å². The zero-order valence-electron chi connectivity index (χ0n) is 11.8. The molecular formula is C15H23NO4. The molecule has 1 aromatic rings. The number of aliphatic hydroxyl groups excluding tert-OH is 1. The summed E-state index contributed by atoms with van der Waals surface area (Å²) in [7, 11) is 1.67. The number of nitrogens with zero attached hydrogens (tertiary/aromatic N) is 1. The van der Waals surface area contributed by atoms with E-state index in [4.69, 9.17) is 14.6 Å². The Morgan fingerprint density at radius 2 is 2.00 bits per heavy atom. The fourth-order valence-electron chi connectivity index (χ4n) is 2.40. The van der Waals surface area contributed by atoms with Crippen LogP contribution in [-0.4, -0.2) is 60.5 Å². The lowest BCUT2D eigenvalue weighted by atomic mass is 10.1. The highest BCUT2D eigenvalue weighted by Gasteiger charge is 2.30. The highest BCUT2D eigenvalue weighted by Crippen LogP contribution is 2.13. The lowest BCUT2D eigenvalue weighted by molar-refractivity contribution is -0.122. The van der Waals surface area contributed by atoms with Gasteiger partial charge in [0, 0.05) is 20.2 Å². The third-order valence-corrected chi connectivity index (χ3v) is 3.40. The van der Waals surface area contributed by atoms with Gasteiger partial charge in [0.2, 0.25) is 0 Å². The fraction of sp³-hybridized carbons (Fsp3) is 0.533. The van der Waals surface area contributed by atoms with Gasteiger partial charge in [-0.3, -0.25) is 9.69 Å². The molecule has 0 saturated carbocycles. The fourth-order valence-corrected chi connectivity index (χ4v) is 2.40. The third-order valence-electron chi connectivity index (χ3n) is 3.40. The number of hydrogen-bond acceptors (Lipinski definition) is 4. The number of carboxylic acid groups (broad SMARTS) is 1. The quantitative estimate of drug-likeness (QED) is 0.788. The molecule has 1 aliphatic rings. The maximum Gasteiger partial charge on any atom is 0.290 e. The normalized spacial score (nSPS) is 22.1. The van der Waals surface area contributed by atoms with Gasteiger partial charge < -0.3 is 14.9 Å². The molecule has 2 N–H and O–H groups in total. The molecule has 0 amide bonds. The molecule has 0 radical (unpaired) electrons. The van der Waals surface area contributed by atoms with Gasteiger partial charge >= 0.3 is 0 Å². The highest BCUT2D eigenvalue weighted by atomic mass is 16.5. The second-order valence-electron chi connectivity index (χ2n) is 4.80. The number of β-amino-alcohol motifs (C(OH)–C–C–N with tert-alkyl or cyclic N) is 1. The lowest BCUT2D eigenvalue weighted by Gasteiger charge is -2.14. The van der Waals surface area contributed by atoms with Gasteiger partial charge in [0.1, 0.15) is 0 Å². The molecule has 5 heteroatoms. The second-order valence-corrected chi connectivity index (χ2v) is 4.80. The summed E-state index contributed by atoms with van der Waals surface area (Å²) in [5.41, 5.74) is 1.38. The average molecular weight is 281 g/mol. The molecule has 2 atom stereocenters. The Balaban J connectivity index is 0.000000612. The molecule has 0 unspecified atom stereocenters. The average Bonchev–Trinajstić information content (AvgIpc) is 2.81. The van der Waals surface area contributed by atoms with E-state index in [0.29, 0.717) is 0 Å². The topological polar surface area (TPSA) is 70.0 Å². The van der Waals surface area contributed by atoms with Crippen molar-refractivity contribution < 1.29 is 19.7 Å². The molecule has 0 spiro atoms. The molecule has 0 bridgehead atoms. The first-order valence-corrected chi connectivity index (χ1v) is 6.76. The largest absolute Gasteiger partial charge is 0.483 e.